The first-order valence-corrected chi connectivity index (χ1v) is 13.1. The van der Waals surface area contributed by atoms with Crippen LogP contribution in [0.4, 0.5) is 0 Å². The van der Waals surface area contributed by atoms with E-state index in [-0.39, 0.29) is 11.5 Å². The van der Waals surface area contributed by atoms with Crippen LogP contribution in [0.5, 0.6) is 5.75 Å². The first kappa shape index (κ1) is 24.1. The van der Waals surface area contributed by atoms with Crippen LogP contribution in [0.15, 0.2) is 71.9 Å². The molecule has 2 heterocycles. The van der Waals surface area contributed by atoms with Crippen LogP contribution >= 0.6 is 0 Å². The number of benzene rings is 2. The number of fused-ring (bicyclic) bond motifs is 1. The van der Waals surface area contributed by atoms with Gasteiger partial charge in [0.2, 0.25) is 0 Å². The SMILES string of the molecule is CCC1=C([C@H](O)CC/C(=C/c2ccc(O)c3ccccc23)c2ccccn2)[C@H](CO)S(=O)(=O)C1. The van der Waals surface area contributed by atoms with E-state index in [0.717, 1.165) is 27.6 Å². The fourth-order valence-corrected chi connectivity index (χ4v) is 6.71. The molecule has 4 rings (SSSR count). The van der Waals surface area contributed by atoms with Crippen LogP contribution in [0, 0.1) is 0 Å². The van der Waals surface area contributed by atoms with Crippen molar-refractivity contribution in [2.24, 2.45) is 0 Å². The summed E-state index contributed by atoms with van der Waals surface area (Å²) in [5.74, 6) is 0.0999. The minimum absolute atomic E-state index is 0.108. The van der Waals surface area contributed by atoms with E-state index in [1.54, 1.807) is 12.3 Å². The predicted octanol–water partition coefficient (Wildman–Crippen LogP) is 4.12. The molecule has 0 amide bonds. The molecule has 3 N–H and O–H groups in total. The molecule has 7 heteroatoms. The van der Waals surface area contributed by atoms with Crippen molar-refractivity contribution < 1.29 is 23.7 Å². The topological polar surface area (TPSA) is 108 Å². The van der Waals surface area contributed by atoms with Gasteiger partial charge in [0, 0.05) is 11.6 Å². The molecule has 2 aromatic carbocycles. The standard InChI is InChI=1S/C27H29NO5S/c1-2-18-17-34(32,33)26(16-29)27(18)25(31)13-11-20(23-9-5-6-14-28-23)15-19-10-12-24(30)22-8-4-3-7-21(19)22/h3-10,12,14-15,25-26,29-31H,2,11,13,16-17H2,1H3/b20-15-/t25-,26+/m1/s1. The summed E-state index contributed by atoms with van der Waals surface area (Å²) in [4.78, 5) is 4.49. The zero-order valence-electron chi connectivity index (χ0n) is 19.1. The van der Waals surface area contributed by atoms with Crippen LogP contribution < -0.4 is 0 Å². The Hall–Kier alpha value is -3.00. The van der Waals surface area contributed by atoms with E-state index in [2.05, 4.69) is 4.98 Å². The molecule has 0 radical (unpaired) electrons. The summed E-state index contributed by atoms with van der Waals surface area (Å²) in [7, 11) is -3.50. The second-order valence-corrected chi connectivity index (χ2v) is 10.7. The van der Waals surface area contributed by atoms with E-state index < -0.39 is 27.8 Å². The highest BCUT2D eigenvalue weighted by molar-refractivity contribution is 7.92. The summed E-state index contributed by atoms with van der Waals surface area (Å²) in [5.41, 5.74) is 3.69. The fraction of sp³-hybridized carbons (Fsp3) is 0.296. The Morgan fingerprint density at radius 3 is 2.53 bits per heavy atom. The number of sulfone groups is 1. The Balaban J connectivity index is 1.69. The van der Waals surface area contributed by atoms with Gasteiger partial charge in [0.05, 0.1) is 24.2 Å². The number of aromatic nitrogens is 1. The normalized spacial score (nSPS) is 19.0. The summed E-state index contributed by atoms with van der Waals surface area (Å²) in [6, 6.07) is 16.7. The summed E-state index contributed by atoms with van der Waals surface area (Å²) in [6.07, 6.45) is 3.99. The van der Waals surface area contributed by atoms with Crippen LogP contribution in [0.1, 0.15) is 37.4 Å². The van der Waals surface area contributed by atoms with Crippen molar-refractivity contribution in [3.8, 4) is 5.75 Å². The summed E-state index contributed by atoms with van der Waals surface area (Å²) in [6.45, 7) is 1.34. The molecule has 1 aromatic heterocycles. The van der Waals surface area contributed by atoms with Crippen LogP contribution in [-0.2, 0) is 9.84 Å². The highest BCUT2D eigenvalue weighted by Crippen LogP contribution is 2.35. The van der Waals surface area contributed by atoms with Gasteiger partial charge in [0.15, 0.2) is 9.84 Å². The minimum Gasteiger partial charge on any atom is -0.507 e. The lowest BCUT2D eigenvalue weighted by molar-refractivity contribution is 0.190. The van der Waals surface area contributed by atoms with Crippen molar-refractivity contribution in [2.45, 2.75) is 37.5 Å². The Morgan fingerprint density at radius 2 is 1.85 bits per heavy atom. The zero-order chi connectivity index (χ0) is 24.3. The summed E-state index contributed by atoms with van der Waals surface area (Å²) >= 11 is 0. The molecule has 3 aromatic rings. The van der Waals surface area contributed by atoms with Crippen LogP contribution in [-0.4, -0.2) is 52.4 Å². The van der Waals surface area contributed by atoms with Gasteiger partial charge in [-0.05, 0) is 65.6 Å². The van der Waals surface area contributed by atoms with Crippen molar-refractivity contribution in [2.75, 3.05) is 12.4 Å². The summed E-state index contributed by atoms with van der Waals surface area (Å²) in [5, 5.41) is 31.6. The number of aliphatic hydroxyl groups is 2. The molecule has 1 aliphatic heterocycles. The number of phenolic OH excluding ortho intramolecular Hbond substituents is 1. The third kappa shape index (κ3) is 4.78. The van der Waals surface area contributed by atoms with Gasteiger partial charge in [-0.2, -0.15) is 0 Å². The number of phenols is 1. The second kappa shape index (κ2) is 10.1. The van der Waals surface area contributed by atoms with Gasteiger partial charge in [0.1, 0.15) is 11.0 Å². The van der Waals surface area contributed by atoms with E-state index in [1.165, 1.54) is 0 Å². The van der Waals surface area contributed by atoms with Gasteiger partial charge in [-0.15, -0.1) is 0 Å². The molecule has 6 nitrogen and oxygen atoms in total. The molecule has 0 bridgehead atoms. The van der Waals surface area contributed by atoms with E-state index in [9.17, 15) is 23.7 Å². The number of nitrogens with zero attached hydrogens (tertiary/aromatic N) is 1. The average molecular weight is 480 g/mol. The Morgan fingerprint density at radius 1 is 1.12 bits per heavy atom. The predicted molar refractivity (Wildman–Crippen MR) is 135 cm³/mol. The van der Waals surface area contributed by atoms with Gasteiger partial charge in [-0.25, -0.2) is 8.42 Å². The van der Waals surface area contributed by atoms with Crippen molar-refractivity contribution in [3.63, 3.8) is 0 Å². The van der Waals surface area contributed by atoms with E-state index in [1.807, 2.05) is 61.5 Å². The van der Waals surface area contributed by atoms with Gasteiger partial charge < -0.3 is 15.3 Å². The molecule has 0 aliphatic carbocycles. The maximum atomic E-state index is 12.5. The number of aromatic hydroxyl groups is 1. The lowest BCUT2D eigenvalue weighted by Gasteiger charge is -2.19. The third-order valence-electron chi connectivity index (χ3n) is 6.46. The Bertz CT molecular complexity index is 1350. The molecule has 0 saturated carbocycles. The Kier molecular flexibility index (Phi) is 7.16. The molecular formula is C27H29NO5S. The number of pyridine rings is 1. The molecular weight excluding hydrogens is 450 g/mol. The lowest BCUT2D eigenvalue weighted by atomic mass is 9.92. The number of rotatable bonds is 8. The van der Waals surface area contributed by atoms with E-state index >= 15 is 0 Å². The van der Waals surface area contributed by atoms with Gasteiger partial charge >= 0.3 is 0 Å². The first-order chi connectivity index (χ1) is 16.4. The lowest BCUT2D eigenvalue weighted by Crippen LogP contribution is -2.29. The third-order valence-corrected chi connectivity index (χ3v) is 8.48. The average Bonchev–Trinajstić information content (AvgIpc) is 3.13. The van der Waals surface area contributed by atoms with Crippen LogP contribution in [0.25, 0.3) is 22.4 Å². The quantitative estimate of drug-likeness (QED) is 0.420. The van der Waals surface area contributed by atoms with Gasteiger partial charge in [-0.3, -0.25) is 4.98 Å². The van der Waals surface area contributed by atoms with Gasteiger partial charge in [-0.1, -0.05) is 48.9 Å². The maximum Gasteiger partial charge on any atom is 0.163 e. The second-order valence-electron chi connectivity index (χ2n) is 8.55. The molecule has 178 valence electrons. The monoisotopic (exact) mass is 479 g/mol. The van der Waals surface area contributed by atoms with E-state index in [4.69, 9.17) is 0 Å². The number of allylic oxidation sites excluding steroid dienone is 1. The molecule has 34 heavy (non-hydrogen) atoms. The molecule has 0 saturated heterocycles. The highest BCUT2D eigenvalue weighted by atomic mass is 32.2. The fourth-order valence-electron chi connectivity index (χ4n) is 4.71. The maximum absolute atomic E-state index is 12.5. The zero-order valence-corrected chi connectivity index (χ0v) is 19.9. The largest absolute Gasteiger partial charge is 0.507 e. The summed E-state index contributed by atoms with van der Waals surface area (Å²) < 4.78 is 25.0. The van der Waals surface area contributed by atoms with E-state index in [0.29, 0.717) is 30.4 Å². The van der Waals surface area contributed by atoms with Crippen molar-refractivity contribution in [1.29, 1.82) is 0 Å². The smallest absolute Gasteiger partial charge is 0.163 e. The van der Waals surface area contributed by atoms with Crippen molar-refractivity contribution in [3.05, 3.63) is 83.2 Å². The van der Waals surface area contributed by atoms with Crippen molar-refractivity contribution in [1.82, 2.24) is 4.98 Å². The molecule has 1 aliphatic rings. The highest BCUT2D eigenvalue weighted by Gasteiger charge is 2.40. The number of hydrogen-bond donors (Lipinski definition) is 3. The molecule has 0 unspecified atom stereocenters. The molecule has 2 atom stereocenters. The first-order valence-electron chi connectivity index (χ1n) is 11.4. The van der Waals surface area contributed by atoms with Crippen LogP contribution in [0.3, 0.4) is 0 Å². The van der Waals surface area contributed by atoms with Crippen molar-refractivity contribution >= 4 is 32.3 Å². The minimum atomic E-state index is -3.50. The number of hydrogen-bond acceptors (Lipinski definition) is 6. The van der Waals surface area contributed by atoms with Gasteiger partial charge in [0.25, 0.3) is 0 Å². The number of aliphatic hydroxyl groups excluding tert-OH is 2. The van der Waals surface area contributed by atoms with Crippen LogP contribution in [0.2, 0.25) is 0 Å². The molecule has 0 spiro atoms. The Labute approximate surface area is 199 Å². The molecule has 0 fully saturated rings.